The number of hydrogen-bond donors (Lipinski definition) is 1. The molecule has 0 saturated heterocycles. The lowest BCUT2D eigenvalue weighted by molar-refractivity contribution is -0.112. The molecule has 0 unspecified atom stereocenters. The predicted molar refractivity (Wildman–Crippen MR) is 146 cm³/mol. The van der Waals surface area contributed by atoms with Gasteiger partial charge in [0.1, 0.15) is 18.2 Å². The van der Waals surface area contributed by atoms with Crippen molar-refractivity contribution in [2.75, 3.05) is 12.4 Å². The molecule has 0 radical (unpaired) electrons. The Morgan fingerprint density at radius 3 is 2.50 bits per heavy atom. The van der Waals surface area contributed by atoms with E-state index in [1.807, 2.05) is 19.1 Å². The standard InChI is InChI=1S/C28H23Cl3N2O3/c1-4-5-19-10-18(11-21(15-32)28(34)33-23-9-6-17(2)24(30)14-23)12-26(35-3)27(19)36-16-20-7-8-22(29)13-25(20)31/h4,6-14H,1,5,16H2,2-3H3,(H,33,34)/b21-11-. The molecule has 0 bridgehead atoms. The lowest BCUT2D eigenvalue weighted by atomic mass is 10.0. The van der Waals surface area contributed by atoms with Crippen molar-refractivity contribution < 1.29 is 14.3 Å². The molecule has 8 heteroatoms. The number of carbonyl (C=O) groups is 1. The molecule has 0 fully saturated rings. The number of allylic oxidation sites excluding steroid dienone is 1. The van der Waals surface area contributed by atoms with E-state index >= 15 is 0 Å². The van der Waals surface area contributed by atoms with Gasteiger partial charge in [-0.05, 0) is 66.9 Å². The predicted octanol–water partition coefficient (Wildman–Crippen LogP) is 7.82. The Kier molecular flexibility index (Phi) is 9.44. The zero-order valence-electron chi connectivity index (χ0n) is 19.7. The Labute approximate surface area is 225 Å². The van der Waals surface area contributed by atoms with E-state index < -0.39 is 5.91 Å². The second-order valence-electron chi connectivity index (χ2n) is 7.82. The summed E-state index contributed by atoms with van der Waals surface area (Å²) >= 11 is 18.4. The molecule has 0 heterocycles. The highest BCUT2D eigenvalue weighted by atomic mass is 35.5. The number of methoxy groups -OCH3 is 1. The average molecular weight is 542 g/mol. The van der Waals surface area contributed by atoms with Crippen molar-refractivity contribution in [1.29, 1.82) is 5.26 Å². The molecule has 1 amide bonds. The number of ether oxygens (including phenoxy) is 2. The summed E-state index contributed by atoms with van der Waals surface area (Å²) in [5.41, 5.74) is 3.41. The van der Waals surface area contributed by atoms with Crippen LogP contribution in [-0.2, 0) is 17.8 Å². The topological polar surface area (TPSA) is 71.4 Å². The summed E-state index contributed by atoms with van der Waals surface area (Å²) in [6, 6.07) is 15.8. The molecule has 1 N–H and O–H groups in total. The molecule has 184 valence electrons. The molecule has 0 saturated carbocycles. The molecule has 3 aromatic carbocycles. The number of halogens is 3. The summed E-state index contributed by atoms with van der Waals surface area (Å²) < 4.78 is 11.6. The van der Waals surface area contributed by atoms with Crippen molar-refractivity contribution in [2.24, 2.45) is 0 Å². The number of carbonyl (C=O) groups excluding carboxylic acids is 1. The third kappa shape index (κ3) is 6.83. The maximum atomic E-state index is 12.8. The molecule has 0 aromatic heterocycles. The smallest absolute Gasteiger partial charge is 0.266 e. The van der Waals surface area contributed by atoms with Crippen molar-refractivity contribution in [3.8, 4) is 17.6 Å². The normalized spacial score (nSPS) is 10.9. The Hall–Kier alpha value is -3.43. The number of nitriles is 1. The summed E-state index contributed by atoms with van der Waals surface area (Å²) in [7, 11) is 1.52. The maximum Gasteiger partial charge on any atom is 0.266 e. The van der Waals surface area contributed by atoms with E-state index in [0.29, 0.717) is 44.2 Å². The minimum Gasteiger partial charge on any atom is -0.493 e. The molecule has 0 atom stereocenters. The molecular weight excluding hydrogens is 519 g/mol. The van der Waals surface area contributed by atoms with Gasteiger partial charge in [0.05, 0.1) is 7.11 Å². The van der Waals surface area contributed by atoms with Gasteiger partial charge in [-0.1, -0.05) is 53.0 Å². The number of anilines is 1. The second kappa shape index (κ2) is 12.5. The third-order valence-corrected chi connectivity index (χ3v) is 6.23. The molecule has 0 aliphatic carbocycles. The lowest BCUT2D eigenvalue weighted by Gasteiger charge is -2.16. The summed E-state index contributed by atoms with van der Waals surface area (Å²) in [5, 5.41) is 13.9. The summed E-state index contributed by atoms with van der Waals surface area (Å²) in [6.07, 6.45) is 3.68. The molecule has 36 heavy (non-hydrogen) atoms. The van der Waals surface area contributed by atoms with Crippen molar-refractivity contribution >= 4 is 52.5 Å². The van der Waals surface area contributed by atoms with Crippen molar-refractivity contribution in [1.82, 2.24) is 0 Å². The van der Waals surface area contributed by atoms with Crippen LogP contribution in [0.1, 0.15) is 22.3 Å². The van der Waals surface area contributed by atoms with Crippen molar-refractivity contribution in [2.45, 2.75) is 20.0 Å². The second-order valence-corrected chi connectivity index (χ2v) is 9.07. The Morgan fingerprint density at radius 1 is 1.08 bits per heavy atom. The number of benzene rings is 3. The van der Waals surface area contributed by atoms with Crippen LogP contribution in [0.25, 0.3) is 6.08 Å². The number of hydrogen-bond acceptors (Lipinski definition) is 4. The first-order valence-electron chi connectivity index (χ1n) is 10.8. The molecule has 0 spiro atoms. The first kappa shape index (κ1) is 27.2. The minimum atomic E-state index is -0.556. The number of rotatable bonds is 9. The SMILES string of the molecule is C=CCc1cc(/C=C(/C#N)C(=O)Nc2ccc(C)c(Cl)c2)cc(OC)c1OCc1ccc(Cl)cc1Cl. The van der Waals surface area contributed by atoms with Crippen LogP contribution >= 0.6 is 34.8 Å². The van der Waals surface area contributed by atoms with E-state index in [-0.39, 0.29) is 12.2 Å². The zero-order valence-corrected chi connectivity index (χ0v) is 22.0. The van der Waals surface area contributed by atoms with Gasteiger partial charge in [-0.3, -0.25) is 4.79 Å². The summed E-state index contributed by atoms with van der Waals surface area (Å²) in [4.78, 5) is 12.8. The summed E-state index contributed by atoms with van der Waals surface area (Å²) in [5.74, 6) is 0.394. The first-order chi connectivity index (χ1) is 17.2. The highest BCUT2D eigenvalue weighted by Gasteiger charge is 2.16. The summed E-state index contributed by atoms with van der Waals surface area (Å²) in [6.45, 7) is 5.87. The Balaban J connectivity index is 1.91. The fraction of sp³-hybridized carbons (Fsp3) is 0.143. The van der Waals surface area contributed by atoms with E-state index in [0.717, 1.165) is 16.7 Å². The molecule has 0 aliphatic rings. The number of amides is 1. The minimum absolute atomic E-state index is 0.0834. The number of nitrogens with one attached hydrogen (secondary N) is 1. The van der Waals surface area contributed by atoms with Gasteiger partial charge < -0.3 is 14.8 Å². The first-order valence-corrected chi connectivity index (χ1v) is 12.0. The van der Waals surface area contributed by atoms with Gasteiger partial charge in [0.15, 0.2) is 11.5 Å². The van der Waals surface area contributed by atoms with Crippen LogP contribution in [0.5, 0.6) is 11.5 Å². The fourth-order valence-electron chi connectivity index (χ4n) is 3.36. The van der Waals surface area contributed by atoms with Gasteiger partial charge in [-0.25, -0.2) is 0 Å². The highest BCUT2D eigenvalue weighted by Crippen LogP contribution is 2.35. The number of aryl methyl sites for hydroxylation is 1. The van der Waals surface area contributed by atoms with Crippen molar-refractivity contribution in [3.63, 3.8) is 0 Å². The Morgan fingerprint density at radius 2 is 1.86 bits per heavy atom. The number of nitrogens with zero attached hydrogens (tertiary/aromatic N) is 1. The average Bonchev–Trinajstić information content (AvgIpc) is 2.84. The van der Waals surface area contributed by atoms with E-state index in [9.17, 15) is 10.1 Å². The fourth-order valence-corrected chi connectivity index (χ4v) is 4.01. The van der Waals surface area contributed by atoms with Crippen LogP contribution in [-0.4, -0.2) is 13.0 Å². The van der Waals surface area contributed by atoms with E-state index in [1.165, 1.54) is 13.2 Å². The van der Waals surface area contributed by atoms with Crippen LogP contribution in [0.3, 0.4) is 0 Å². The van der Waals surface area contributed by atoms with Gasteiger partial charge in [0.2, 0.25) is 0 Å². The third-order valence-electron chi connectivity index (χ3n) is 5.23. The molecule has 3 rings (SSSR count). The van der Waals surface area contributed by atoms with Gasteiger partial charge >= 0.3 is 0 Å². The molecule has 5 nitrogen and oxygen atoms in total. The van der Waals surface area contributed by atoms with Crippen LogP contribution in [0.4, 0.5) is 5.69 Å². The Bertz CT molecular complexity index is 1380. The van der Waals surface area contributed by atoms with E-state index in [4.69, 9.17) is 44.3 Å². The van der Waals surface area contributed by atoms with Gasteiger partial charge in [0, 0.05) is 31.9 Å². The maximum absolute atomic E-state index is 12.8. The van der Waals surface area contributed by atoms with E-state index in [1.54, 1.807) is 48.5 Å². The zero-order chi connectivity index (χ0) is 26.2. The van der Waals surface area contributed by atoms with Gasteiger partial charge in [-0.15, -0.1) is 6.58 Å². The molecule has 3 aromatic rings. The van der Waals surface area contributed by atoms with Crippen LogP contribution in [0, 0.1) is 18.3 Å². The van der Waals surface area contributed by atoms with Crippen molar-refractivity contribution in [3.05, 3.63) is 104 Å². The van der Waals surface area contributed by atoms with E-state index in [2.05, 4.69) is 11.9 Å². The highest BCUT2D eigenvalue weighted by molar-refractivity contribution is 6.35. The molecule has 0 aliphatic heterocycles. The lowest BCUT2D eigenvalue weighted by Crippen LogP contribution is -2.13. The van der Waals surface area contributed by atoms with Crippen LogP contribution < -0.4 is 14.8 Å². The monoisotopic (exact) mass is 540 g/mol. The van der Waals surface area contributed by atoms with Gasteiger partial charge in [0.25, 0.3) is 5.91 Å². The molecular formula is C28H23Cl3N2O3. The van der Waals surface area contributed by atoms with Crippen LogP contribution in [0.2, 0.25) is 15.1 Å². The largest absolute Gasteiger partial charge is 0.493 e. The van der Waals surface area contributed by atoms with Crippen LogP contribution in [0.15, 0.2) is 66.8 Å². The quantitative estimate of drug-likeness (QED) is 0.170. The van der Waals surface area contributed by atoms with Gasteiger partial charge in [-0.2, -0.15) is 5.26 Å².